The van der Waals surface area contributed by atoms with Crippen molar-refractivity contribution in [3.63, 3.8) is 0 Å². The van der Waals surface area contributed by atoms with Crippen LogP contribution in [-0.4, -0.2) is 17.8 Å². The Hall–Kier alpha value is -1.02. The molecule has 0 radical (unpaired) electrons. The number of fused-ring (bicyclic) bond motifs is 1. The molecule has 0 amide bonds. The highest BCUT2D eigenvalue weighted by Crippen LogP contribution is 2.35. The van der Waals surface area contributed by atoms with E-state index in [9.17, 15) is 5.11 Å². The van der Waals surface area contributed by atoms with Crippen molar-refractivity contribution in [3.8, 4) is 5.75 Å². The van der Waals surface area contributed by atoms with E-state index in [2.05, 4.69) is 25.1 Å². The number of hydrogen-bond donors (Lipinski definition) is 1. The van der Waals surface area contributed by atoms with Crippen LogP contribution in [0.5, 0.6) is 5.75 Å². The van der Waals surface area contributed by atoms with Gasteiger partial charge in [0.25, 0.3) is 0 Å². The molecule has 2 nitrogen and oxygen atoms in total. The van der Waals surface area contributed by atoms with Crippen LogP contribution in [0.1, 0.15) is 43.7 Å². The smallest absolute Gasteiger partial charge is 0.125 e. The molecule has 0 spiro atoms. The SMILES string of the molecule is CC(O)CC(C)c1cccc2c1OCCC2. The highest BCUT2D eigenvalue weighted by atomic mass is 16.5. The van der Waals surface area contributed by atoms with Crippen molar-refractivity contribution in [1.82, 2.24) is 0 Å². The van der Waals surface area contributed by atoms with Gasteiger partial charge >= 0.3 is 0 Å². The van der Waals surface area contributed by atoms with Crippen LogP contribution in [0.15, 0.2) is 18.2 Å². The number of aryl methyl sites for hydroxylation is 1. The standard InChI is InChI=1S/C14H20O2/c1-10(9-11(2)15)13-7-3-5-12-6-4-8-16-14(12)13/h3,5,7,10-11,15H,4,6,8-9H2,1-2H3. The zero-order chi connectivity index (χ0) is 11.5. The average molecular weight is 220 g/mol. The van der Waals surface area contributed by atoms with Gasteiger partial charge in [0.2, 0.25) is 0 Å². The number of hydrogen-bond acceptors (Lipinski definition) is 2. The Balaban J connectivity index is 2.26. The summed E-state index contributed by atoms with van der Waals surface area (Å²) in [5.41, 5.74) is 2.57. The second kappa shape index (κ2) is 4.88. The highest BCUT2D eigenvalue weighted by molar-refractivity contribution is 5.44. The molecular weight excluding hydrogens is 200 g/mol. The van der Waals surface area contributed by atoms with Gasteiger partial charge in [-0.1, -0.05) is 25.1 Å². The first-order valence-corrected chi connectivity index (χ1v) is 6.11. The first-order chi connectivity index (χ1) is 7.68. The number of rotatable bonds is 3. The molecule has 16 heavy (non-hydrogen) atoms. The van der Waals surface area contributed by atoms with Crippen LogP contribution in [0.3, 0.4) is 0 Å². The first-order valence-electron chi connectivity index (χ1n) is 6.11. The molecule has 0 fully saturated rings. The van der Waals surface area contributed by atoms with E-state index in [0.717, 1.165) is 31.6 Å². The molecule has 2 unspecified atom stereocenters. The van der Waals surface area contributed by atoms with Crippen LogP contribution in [0.2, 0.25) is 0 Å². The summed E-state index contributed by atoms with van der Waals surface area (Å²) in [6.45, 7) is 4.82. The first kappa shape index (κ1) is 11.5. The summed E-state index contributed by atoms with van der Waals surface area (Å²) < 4.78 is 5.78. The zero-order valence-electron chi connectivity index (χ0n) is 10.1. The van der Waals surface area contributed by atoms with Crippen molar-refractivity contribution >= 4 is 0 Å². The van der Waals surface area contributed by atoms with E-state index >= 15 is 0 Å². The van der Waals surface area contributed by atoms with Gasteiger partial charge in [-0.25, -0.2) is 0 Å². The summed E-state index contributed by atoms with van der Waals surface area (Å²) in [5.74, 6) is 1.43. The Morgan fingerprint density at radius 3 is 2.94 bits per heavy atom. The van der Waals surface area contributed by atoms with Crippen molar-refractivity contribution in [2.75, 3.05) is 6.61 Å². The topological polar surface area (TPSA) is 29.5 Å². The molecule has 0 aromatic heterocycles. The Bertz CT molecular complexity index is 358. The van der Waals surface area contributed by atoms with Gasteiger partial charge in [0.05, 0.1) is 12.7 Å². The lowest BCUT2D eigenvalue weighted by Crippen LogP contribution is -2.13. The molecule has 1 aromatic carbocycles. The Kier molecular flexibility index (Phi) is 3.49. The summed E-state index contributed by atoms with van der Waals surface area (Å²) in [6.07, 6.45) is 2.76. The van der Waals surface area contributed by atoms with E-state index < -0.39 is 0 Å². The maximum absolute atomic E-state index is 9.45. The van der Waals surface area contributed by atoms with Gasteiger partial charge < -0.3 is 9.84 Å². The van der Waals surface area contributed by atoms with E-state index in [1.54, 1.807) is 0 Å². The molecule has 1 aliphatic heterocycles. The van der Waals surface area contributed by atoms with Crippen LogP contribution >= 0.6 is 0 Å². The summed E-state index contributed by atoms with van der Waals surface area (Å²) >= 11 is 0. The molecule has 88 valence electrons. The second-order valence-electron chi connectivity index (χ2n) is 4.77. The van der Waals surface area contributed by atoms with Crippen LogP contribution in [0.4, 0.5) is 0 Å². The molecule has 1 aliphatic rings. The maximum Gasteiger partial charge on any atom is 0.125 e. The molecule has 0 bridgehead atoms. The fourth-order valence-electron chi connectivity index (χ4n) is 2.44. The van der Waals surface area contributed by atoms with Crippen LogP contribution < -0.4 is 4.74 Å². The van der Waals surface area contributed by atoms with Gasteiger partial charge in [-0.15, -0.1) is 0 Å². The third kappa shape index (κ3) is 2.38. The maximum atomic E-state index is 9.45. The second-order valence-corrected chi connectivity index (χ2v) is 4.77. The monoisotopic (exact) mass is 220 g/mol. The lowest BCUT2D eigenvalue weighted by molar-refractivity contribution is 0.175. The summed E-state index contributed by atoms with van der Waals surface area (Å²) in [7, 11) is 0. The van der Waals surface area contributed by atoms with Crippen LogP contribution in [-0.2, 0) is 6.42 Å². The zero-order valence-corrected chi connectivity index (χ0v) is 10.1. The number of aliphatic hydroxyl groups excluding tert-OH is 1. The molecule has 1 N–H and O–H groups in total. The normalized spacial score (nSPS) is 18.4. The fourth-order valence-corrected chi connectivity index (χ4v) is 2.44. The number of benzene rings is 1. The summed E-state index contributed by atoms with van der Waals surface area (Å²) in [4.78, 5) is 0. The highest BCUT2D eigenvalue weighted by Gasteiger charge is 2.18. The third-order valence-electron chi connectivity index (χ3n) is 3.19. The van der Waals surface area contributed by atoms with Gasteiger partial charge in [-0.05, 0) is 43.2 Å². The summed E-state index contributed by atoms with van der Waals surface area (Å²) in [6, 6.07) is 6.37. The quantitative estimate of drug-likeness (QED) is 0.848. The molecule has 2 heteroatoms. The predicted octanol–water partition coefficient (Wildman–Crippen LogP) is 2.89. The number of para-hydroxylation sites is 1. The Morgan fingerprint density at radius 1 is 1.38 bits per heavy atom. The lowest BCUT2D eigenvalue weighted by Gasteiger charge is -2.23. The van der Waals surface area contributed by atoms with Crippen molar-refractivity contribution in [2.45, 2.75) is 45.1 Å². The molecule has 2 atom stereocenters. The van der Waals surface area contributed by atoms with Crippen molar-refractivity contribution in [2.24, 2.45) is 0 Å². The third-order valence-corrected chi connectivity index (χ3v) is 3.19. The number of ether oxygens (including phenoxy) is 1. The Labute approximate surface area is 97.3 Å². The van der Waals surface area contributed by atoms with Crippen molar-refractivity contribution < 1.29 is 9.84 Å². The van der Waals surface area contributed by atoms with Gasteiger partial charge in [-0.2, -0.15) is 0 Å². The minimum Gasteiger partial charge on any atom is -0.493 e. The molecule has 2 rings (SSSR count). The molecule has 0 saturated carbocycles. The molecule has 1 aromatic rings. The van der Waals surface area contributed by atoms with E-state index in [-0.39, 0.29) is 6.10 Å². The van der Waals surface area contributed by atoms with Gasteiger partial charge in [0.15, 0.2) is 0 Å². The van der Waals surface area contributed by atoms with Gasteiger partial charge in [-0.3, -0.25) is 0 Å². The lowest BCUT2D eigenvalue weighted by atomic mass is 9.91. The van der Waals surface area contributed by atoms with Crippen molar-refractivity contribution in [3.05, 3.63) is 29.3 Å². The van der Waals surface area contributed by atoms with Crippen LogP contribution in [0, 0.1) is 0 Å². The van der Waals surface area contributed by atoms with Crippen LogP contribution in [0.25, 0.3) is 0 Å². The molecule has 1 heterocycles. The van der Waals surface area contributed by atoms with E-state index in [0.29, 0.717) is 5.92 Å². The Morgan fingerprint density at radius 2 is 2.19 bits per heavy atom. The summed E-state index contributed by atoms with van der Waals surface area (Å²) in [5, 5.41) is 9.45. The van der Waals surface area contributed by atoms with E-state index in [4.69, 9.17) is 4.74 Å². The van der Waals surface area contributed by atoms with Gasteiger partial charge in [0, 0.05) is 0 Å². The predicted molar refractivity (Wildman–Crippen MR) is 65.0 cm³/mol. The fraction of sp³-hybridized carbons (Fsp3) is 0.571. The van der Waals surface area contributed by atoms with E-state index in [1.807, 2.05) is 6.92 Å². The largest absolute Gasteiger partial charge is 0.493 e. The minimum absolute atomic E-state index is 0.255. The number of aliphatic hydroxyl groups is 1. The van der Waals surface area contributed by atoms with Crippen molar-refractivity contribution in [1.29, 1.82) is 0 Å². The minimum atomic E-state index is -0.255. The molecular formula is C14H20O2. The molecule has 0 aliphatic carbocycles. The average Bonchev–Trinajstić information content (AvgIpc) is 2.27. The molecule has 0 saturated heterocycles. The van der Waals surface area contributed by atoms with Gasteiger partial charge in [0.1, 0.15) is 5.75 Å². The van der Waals surface area contributed by atoms with E-state index in [1.165, 1.54) is 11.1 Å².